The summed E-state index contributed by atoms with van der Waals surface area (Å²) < 4.78 is 36.7. The summed E-state index contributed by atoms with van der Waals surface area (Å²) in [6, 6.07) is 4.79. The number of ether oxygens (including phenoxy) is 1. The average molecular weight is 407 g/mol. The molecule has 0 bridgehead atoms. The number of carboxylic acid groups (broad SMARTS) is 1. The number of aromatic amines is 1. The van der Waals surface area contributed by atoms with Gasteiger partial charge in [-0.2, -0.15) is 8.42 Å². The van der Waals surface area contributed by atoms with Gasteiger partial charge in [-0.1, -0.05) is 12.1 Å². The quantitative estimate of drug-likeness (QED) is 0.288. The van der Waals surface area contributed by atoms with Gasteiger partial charge in [0.2, 0.25) is 0 Å². The molecule has 0 atom stereocenters. The molecule has 1 aromatic carbocycles. The van der Waals surface area contributed by atoms with Crippen molar-refractivity contribution >= 4 is 33.0 Å². The van der Waals surface area contributed by atoms with Crippen molar-refractivity contribution in [3.05, 3.63) is 35.0 Å². The number of aliphatic carboxylic acids is 1. The zero-order valence-corrected chi connectivity index (χ0v) is 18.5. The van der Waals surface area contributed by atoms with E-state index in [2.05, 4.69) is 4.98 Å². The Balaban J connectivity index is 0.00000338. The van der Waals surface area contributed by atoms with Crippen LogP contribution >= 0.6 is 0 Å². The molecule has 26 heavy (non-hydrogen) atoms. The van der Waals surface area contributed by atoms with Crippen molar-refractivity contribution < 1.29 is 83.8 Å². The number of aromatic nitrogens is 1. The monoisotopic (exact) mass is 407 g/mol. The maximum Gasteiger partial charge on any atom is 1.00 e. The van der Waals surface area contributed by atoms with E-state index in [1.807, 2.05) is 0 Å². The van der Waals surface area contributed by atoms with Crippen LogP contribution < -0.4 is 56.5 Å². The van der Waals surface area contributed by atoms with E-state index in [1.165, 1.54) is 6.07 Å². The van der Waals surface area contributed by atoms with Crippen LogP contribution in [0.4, 0.5) is 0 Å². The van der Waals surface area contributed by atoms with Crippen molar-refractivity contribution in [1.29, 1.82) is 0 Å². The summed E-state index contributed by atoms with van der Waals surface area (Å²) in [6.45, 7) is 1.81. The van der Waals surface area contributed by atoms with E-state index in [4.69, 9.17) is 9.29 Å². The van der Waals surface area contributed by atoms with Crippen molar-refractivity contribution in [2.45, 2.75) is 31.9 Å². The second-order valence-corrected chi connectivity index (χ2v) is 6.94. The van der Waals surface area contributed by atoms with E-state index in [9.17, 15) is 23.1 Å². The normalized spacial score (nSPS) is 11.2. The molecule has 0 aliphatic carbocycles. The summed E-state index contributed by atoms with van der Waals surface area (Å²) in [6.07, 6.45) is 0.224. The summed E-state index contributed by atoms with van der Waals surface area (Å²) in [4.78, 5) is 25.7. The SMILES string of the molecule is CCOC(=O)c1[nH]c2cccc(CS(=O)(=O)O)c2c1CCCC(=O)[O-].[K+]. The van der Waals surface area contributed by atoms with Crippen LogP contribution in [0, 0.1) is 0 Å². The number of hydrogen-bond donors (Lipinski definition) is 2. The molecule has 0 saturated carbocycles. The number of fused-ring (bicyclic) bond motifs is 1. The van der Waals surface area contributed by atoms with Gasteiger partial charge in [0, 0.05) is 16.9 Å². The topological polar surface area (TPSA) is 137 Å². The number of carbonyl (C=O) groups is 2. The fraction of sp³-hybridized carbons (Fsp3) is 0.375. The Morgan fingerprint density at radius 2 is 2.00 bits per heavy atom. The maximum absolute atomic E-state index is 12.2. The Kier molecular flexibility index (Phi) is 8.93. The molecule has 0 unspecified atom stereocenters. The first-order valence-electron chi connectivity index (χ1n) is 7.67. The van der Waals surface area contributed by atoms with E-state index in [-0.39, 0.29) is 82.9 Å². The van der Waals surface area contributed by atoms with Gasteiger partial charge in [-0.25, -0.2) is 4.79 Å². The number of H-pyrrole nitrogens is 1. The minimum Gasteiger partial charge on any atom is -0.550 e. The molecule has 2 N–H and O–H groups in total. The number of rotatable bonds is 8. The Labute approximate surface area is 193 Å². The molecule has 2 aromatic rings. The van der Waals surface area contributed by atoms with E-state index < -0.39 is 27.8 Å². The zero-order chi connectivity index (χ0) is 18.6. The number of carboxylic acids is 1. The van der Waals surface area contributed by atoms with Gasteiger partial charge in [-0.15, -0.1) is 0 Å². The van der Waals surface area contributed by atoms with Crippen LogP contribution in [0.25, 0.3) is 10.9 Å². The van der Waals surface area contributed by atoms with Gasteiger partial charge in [-0.3, -0.25) is 4.55 Å². The number of esters is 1. The molecule has 0 aliphatic rings. The van der Waals surface area contributed by atoms with E-state index >= 15 is 0 Å². The predicted octanol–water partition coefficient (Wildman–Crippen LogP) is -2.19. The molecule has 10 heteroatoms. The fourth-order valence-corrected chi connectivity index (χ4v) is 3.38. The van der Waals surface area contributed by atoms with Crippen LogP contribution in [0.15, 0.2) is 18.2 Å². The molecule has 0 fully saturated rings. The molecular formula is C16H18KNO7S. The number of aryl methyl sites for hydroxylation is 1. The molecule has 0 amide bonds. The van der Waals surface area contributed by atoms with Gasteiger partial charge in [0.15, 0.2) is 0 Å². The van der Waals surface area contributed by atoms with Gasteiger partial charge in [-0.05, 0) is 43.4 Å². The van der Waals surface area contributed by atoms with Crippen LogP contribution in [0.1, 0.15) is 41.4 Å². The van der Waals surface area contributed by atoms with Crippen molar-refractivity contribution in [3.8, 4) is 0 Å². The summed E-state index contributed by atoms with van der Waals surface area (Å²) in [5, 5.41) is 11.1. The Hall–Kier alpha value is -0.754. The number of carbonyl (C=O) groups excluding carboxylic acids is 2. The van der Waals surface area contributed by atoms with E-state index in [1.54, 1.807) is 19.1 Å². The van der Waals surface area contributed by atoms with Gasteiger partial charge in [0.1, 0.15) is 11.4 Å². The third-order valence-corrected chi connectivity index (χ3v) is 4.31. The Bertz CT molecular complexity index is 905. The molecule has 0 saturated heterocycles. The summed E-state index contributed by atoms with van der Waals surface area (Å²) >= 11 is 0. The standard InChI is InChI=1S/C16H19NO7S.K/c1-2-24-16(20)15-11(6-4-8-13(18)19)14-10(9-25(21,22)23)5-3-7-12(14)17-15;/h3,5,7,17H,2,4,6,8-9H2,1H3,(H,18,19)(H,21,22,23);/q;+1/p-1. The summed E-state index contributed by atoms with van der Waals surface area (Å²) in [5.41, 5.74) is 1.44. The Morgan fingerprint density at radius 3 is 2.58 bits per heavy atom. The smallest absolute Gasteiger partial charge is 0.550 e. The number of nitrogens with one attached hydrogen (secondary N) is 1. The van der Waals surface area contributed by atoms with Gasteiger partial charge in [0.25, 0.3) is 10.1 Å². The predicted molar refractivity (Wildman–Crippen MR) is 87.5 cm³/mol. The first-order valence-corrected chi connectivity index (χ1v) is 9.28. The second-order valence-electron chi connectivity index (χ2n) is 5.49. The van der Waals surface area contributed by atoms with E-state index in [0.29, 0.717) is 22.0 Å². The third kappa shape index (κ3) is 6.15. The molecule has 136 valence electrons. The van der Waals surface area contributed by atoms with Crippen LogP contribution in [0.2, 0.25) is 0 Å². The summed E-state index contributed by atoms with van der Waals surface area (Å²) in [7, 11) is -4.27. The van der Waals surface area contributed by atoms with Crippen molar-refractivity contribution in [1.82, 2.24) is 4.98 Å². The minimum absolute atomic E-state index is 0. The Morgan fingerprint density at radius 1 is 1.31 bits per heavy atom. The average Bonchev–Trinajstić information content (AvgIpc) is 2.86. The summed E-state index contributed by atoms with van der Waals surface area (Å²) in [5.74, 6) is -2.44. The molecular weight excluding hydrogens is 389 g/mol. The molecule has 1 heterocycles. The van der Waals surface area contributed by atoms with E-state index in [0.717, 1.165) is 0 Å². The molecule has 1 aromatic heterocycles. The van der Waals surface area contributed by atoms with Crippen molar-refractivity contribution in [2.24, 2.45) is 0 Å². The largest absolute Gasteiger partial charge is 1.00 e. The van der Waals surface area contributed by atoms with Crippen LogP contribution in [0.5, 0.6) is 0 Å². The molecule has 0 aliphatic heterocycles. The molecule has 8 nitrogen and oxygen atoms in total. The fourth-order valence-electron chi connectivity index (χ4n) is 2.75. The first-order chi connectivity index (χ1) is 11.7. The van der Waals surface area contributed by atoms with Crippen molar-refractivity contribution in [3.63, 3.8) is 0 Å². The first kappa shape index (κ1) is 23.3. The molecule has 2 rings (SSSR count). The third-order valence-electron chi connectivity index (χ3n) is 3.64. The van der Waals surface area contributed by atoms with Crippen LogP contribution in [0.3, 0.4) is 0 Å². The molecule has 0 radical (unpaired) electrons. The maximum atomic E-state index is 12.2. The minimum atomic E-state index is -4.27. The van der Waals surface area contributed by atoms with Crippen LogP contribution in [-0.2, 0) is 31.8 Å². The second kappa shape index (κ2) is 9.97. The zero-order valence-electron chi connectivity index (χ0n) is 14.6. The number of hydrogen-bond acceptors (Lipinski definition) is 6. The van der Waals surface area contributed by atoms with Crippen molar-refractivity contribution in [2.75, 3.05) is 6.61 Å². The van der Waals surface area contributed by atoms with Crippen LogP contribution in [-0.4, -0.2) is 36.5 Å². The van der Waals surface area contributed by atoms with Gasteiger partial charge in [0.05, 0.1) is 6.61 Å². The number of benzene rings is 1. The molecule has 0 spiro atoms. The van der Waals surface area contributed by atoms with Gasteiger partial charge < -0.3 is 19.6 Å². The van der Waals surface area contributed by atoms with Gasteiger partial charge >= 0.3 is 57.4 Å².